The molecule has 0 amide bonds. The number of carboxylic acid groups (broad SMARTS) is 3. The molecule has 8 heteroatoms. The summed E-state index contributed by atoms with van der Waals surface area (Å²) in [4.78, 5) is 34.3. The van der Waals surface area contributed by atoms with Crippen LogP contribution in [0.25, 0.3) is 22.6 Å². The molecule has 0 atom stereocenters. The monoisotopic (exact) mass is 409 g/mol. The largest absolute Gasteiger partial charge is 0.481 e. The average Bonchev–Trinajstić information content (AvgIpc) is 3.17. The Morgan fingerprint density at radius 3 is 1.77 bits per heavy atom. The van der Waals surface area contributed by atoms with Gasteiger partial charge in [0.1, 0.15) is 5.69 Å². The number of hydrogen-bond donors (Lipinski definition) is 3. The van der Waals surface area contributed by atoms with Gasteiger partial charge in [-0.05, 0) is 0 Å². The van der Waals surface area contributed by atoms with E-state index in [0.717, 1.165) is 16.8 Å². The van der Waals surface area contributed by atoms with E-state index >= 15 is 0 Å². The molecule has 0 radical (unpaired) electrons. The Bertz CT molecular complexity index is 951. The first-order valence-corrected chi connectivity index (χ1v) is 8.83. The van der Waals surface area contributed by atoms with E-state index in [4.69, 9.17) is 19.7 Å². The zero-order valence-electron chi connectivity index (χ0n) is 15.8. The standard InChI is InChI=1S/C18H15NO3.C4H4O4/c20-16(21)12-11-15-19-17(13-7-3-1-4-8-13)18(22-15)14-9-5-2-6-10-14;5-3(6)1-2-4(7)8/h1-10H,11-12H2,(H,20,21);1-2H,(H,5,6)(H,7,8)/b;2-1+. The normalized spacial score (nSPS) is 10.3. The Hall–Kier alpha value is -4.20. The van der Waals surface area contributed by atoms with Gasteiger partial charge in [-0.25, -0.2) is 14.6 Å². The van der Waals surface area contributed by atoms with Gasteiger partial charge in [0.2, 0.25) is 0 Å². The highest BCUT2D eigenvalue weighted by atomic mass is 16.4. The number of carboxylic acids is 3. The van der Waals surface area contributed by atoms with E-state index in [0.29, 0.717) is 23.8 Å². The van der Waals surface area contributed by atoms with Gasteiger partial charge in [-0.2, -0.15) is 0 Å². The van der Waals surface area contributed by atoms with Gasteiger partial charge in [-0.3, -0.25) is 4.79 Å². The van der Waals surface area contributed by atoms with E-state index in [1.54, 1.807) is 0 Å². The van der Waals surface area contributed by atoms with Crippen molar-refractivity contribution in [3.8, 4) is 22.6 Å². The molecule has 0 fully saturated rings. The topological polar surface area (TPSA) is 138 Å². The fraction of sp³-hybridized carbons (Fsp3) is 0.0909. The highest BCUT2D eigenvalue weighted by Gasteiger charge is 2.17. The summed E-state index contributed by atoms with van der Waals surface area (Å²) in [5.41, 5.74) is 2.62. The lowest BCUT2D eigenvalue weighted by Crippen LogP contribution is -1.97. The van der Waals surface area contributed by atoms with Crippen molar-refractivity contribution in [2.24, 2.45) is 0 Å². The summed E-state index contributed by atoms with van der Waals surface area (Å²) in [6, 6.07) is 19.5. The Morgan fingerprint density at radius 2 is 1.30 bits per heavy atom. The van der Waals surface area contributed by atoms with Crippen molar-refractivity contribution in [1.29, 1.82) is 0 Å². The van der Waals surface area contributed by atoms with Gasteiger partial charge in [-0.1, -0.05) is 60.7 Å². The Kier molecular flexibility index (Phi) is 8.07. The third-order valence-corrected chi connectivity index (χ3v) is 3.68. The van der Waals surface area contributed by atoms with Gasteiger partial charge in [0, 0.05) is 29.7 Å². The zero-order chi connectivity index (χ0) is 21.9. The SMILES string of the molecule is O=C(O)/C=C/C(=O)O.O=C(O)CCc1nc(-c2ccccc2)c(-c2ccccc2)o1. The summed E-state index contributed by atoms with van der Waals surface area (Å²) >= 11 is 0. The molecular formula is C22H19NO7. The second-order valence-electron chi connectivity index (χ2n) is 5.92. The molecule has 3 rings (SSSR count). The first kappa shape index (κ1) is 22.1. The number of benzene rings is 2. The molecule has 0 bridgehead atoms. The van der Waals surface area contributed by atoms with Gasteiger partial charge < -0.3 is 19.7 Å². The van der Waals surface area contributed by atoms with E-state index in [2.05, 4.69) is 4.98 Å². The molecule has 0 saturated heterocycles. The molecule has 0 saturated carbocycles. The number of rotatable bonds is 7. The molecule has 3 aromatic rings. The van der Waals surface area contributed by atoms with Crippen LogP contribution in [0.2, 0.25) is 0 Å². The van der Waals surface area contributed by atoms with Gasteiger partial charge in [0.25, 0.3) is 0 Å². The number of aryl methyl sites for hydroxylation is 1. The second kappa shape index (κ2) is 11.0. The molecule has 0 aliphatic heterocycles. The lowest BCUT2D eigenvalue weighted by molar-refractivity contribution is -0.137. The molecule has 8 nitrogen and oxygen atoms in total. The zero-order valence-corrected chi connectivity index (χ0v) is 15.8. The van der Waals surface area contributed by atoms with Crippen LogP contribution in [0.4, 0.5) is 0 Å². The fourth-order valence-corrected chi connectivity index (χ4v) is 2.40. The molecule has 2 aromatic carbocycles. The maximum atomic E-state index is 10.7. The van der Waals surface area contributed by atoms with Crippen molar-refractivity contribution in [1.82, 2.24) is 4.98 Å². The Labute approximate surface area is 171 Å². The third-order valence-electron chi connectivity index (χ3n) is 3.68. The molecule has 0 spiro atoms. The molecule has 3 N–H and O–H groups in total. The minimum absolute atomic E-state index is 0.00295. The summed E-state index contributed by atoms with van der Waals surface area (Å²) in [5, 5.41) is 24.4. The van der Waals surface area contributed by atoms with Crippen molar-refractivity contribution in [3.05, 3.63) is 78.7 Å². The predicted octanol–water partition coefficient (Wildman–Crippen LogP) is 3.74. The number of aromatic nitrogens is 1. The fourth-order valence-electron chi connectivity index (χ4n) is 2.40. The van der Waals surface area contributed by atoms with E-state index in [1.807, 2.05) is 60.7 Å². The molecule has 154 valence electrons. The molecule has 30 heavy (non-hydrogen) atoms. The van der Waals surface area contributed by atoms with Crippen LogP contribution in [0.15, 0.2) is 77.2 Å². The van der Waals surface area contributed by atoms with Crippen molar-refractivity contribution >= 4 is 17.9 Å². The van der Waals surface area contributed by atoms with Gasteiger partial charge in [0.05, 0.1) is 6.42 Å². The minimum Gasteiger partial charge on any atom is -0.481 e. The Balaban J connectivity index is 0.000000343. The molecule has 0 unspecified atom stereocenters. The van der Waals surface area contributed by atoms with Crippen LogP contribution >= 0.6 is 0 Å². The Morgan fingerprint density at radius 1 is 0.800 bits per heavy atom. The summed E-state index contributed by atoms with van der Waals surface area (Å²) < 4.78 is 5.83. The van der Waals surface area contributed by atoms with Crippen LogP contribution in [0, 0.1) is 0 Å². The van der Waals surface area contributed by atoms with E-state index in [1.165, 1.54) is 0 Å². The number of oxazole rings is 1. The first-order chi connectivity index (χ1) is 14.4. The number of nitrogens with zero attached hydrogens (tertiary/aromatic N) is 1. The van der Waals surface area contributed by atoms with Gasteiger partial charge in [-0.15, -0.1) is 0 Å². The molecule has 0 aliphatic rings. The lowest BCUT2D eigenvalue weighted by Gasteiger charge is -2.00. The van der Waals surface area contributed by atoms with Crippen LogP contribution in [0.5, 0.6) is 0 Å². The summed E-state index contributed by atoms with van der Waals surface area (Å²) in [5.74, 6) is -2.26. The molecule has 0 aliphatic carbocycles. The third kappa shape index (κ3) is 7.08. The maximum absolute atomic E-state index is 10.7. The average molecular weight is 409 g/mol. The highest BCUT2D eigenvalue weighted by Crippen LogP contribution is 2.32. The smallest absolute Gasteiger partial charge is 0.328 e. The molecular weight excluding hydrogens is 390 g/mol. The van der Waals surface area contributed by atoms with Crippen molar-refractivity contribution in [2.75, 3.05) is 0 Å². The second-order valence-corrected chi connectivity index (χ2v) is 5.92. The highest BCUT2D eigenvalue weighted by molar-refractivity contribution is 5.89. The number of carbonyl (C=O) groups is 3. The lowest BCUT2D eigenvalue weighted by atomic mass is 10.1. The maximum Gasteiger partial charge on any atom is 0.328 e. The number of aliphatic carboxylic acids is 3. The van der Waals surface area contributed by atoms with Crippen LogP contribution in [-0.4, -0.2) is 38.2 Å². The van der Waals surface area contributed by atoms with E-state index in [-0.39, 0.29) is 12.8 Å². The predicted molar refractivity (Wildman–Crippen MR) is 108 cm³/mol. The van der Waals surface area contributed by atoms with Gasteiger partial charge in [0.15, 0.2) is 11.7 Å². The summed E-state index contributed by atoms with van der Waals surface area (Å²) in [7, 11) is 0. The van der Waals surface area contributed by atoms with Crippen molar-refractivity contribution < 1.29 is 34.1 Å². The van der Waals surface area contributed by atoms with Crippen molar-refractivity contribution in [2.45, 2.75) is 12.8 Å². The summed E-state index contributed by atoms with van der Waals surface area (Å²) in [6.45, 7) is 0. The summed E-state index contributed by atoms with van der Waals surface area (Å²) in [6.07, 6.45) is 1.40. The van der Waals surface area contributed by atoms with Crippen LogP contribution in [0.3, 0.4) is 0 Å². The van der Waals surface area contributed by atoms with E-state index < -0.39 is 17.9 Å². The molecule has 1 aromatic heterocycles. The van der Waals surface area contributed by atoms with Crippen molar-refractivity contribution in [3.63, 3.8) is 0 Å². The quantitative estimate of drug-likeness (QED) is 0.502. The van der Waals surface area contributed by atoms with E-state index in [9.17, 15) is 14.4 Å². The number of hydrogen-bond acceptors (Lipinski definition) is 5. The van der Waals surface area contributed by atoms with Crippen LogP contribution < -0.4 is 0 Å². The first-order valence-electron chi connectivity index (χ1n) is 8.83. The van der Waals surface area contributed by atoms with Gasteiger partial charge >= 0.3 is 17.9 Å². The van der Waals surface area contributed by atoms with Crippen LogP contribution in [0.1, 0.15) is 12.3 Å². The molecule has 1 heterocycles. The minimum atomic E-state index is -1.26. The van der Waals surface area contributed by atoms with Crippen LogP contribution in [-0.2, 0) is 20.8 Å².